The summed E-state index contributed by atoms with van der Waals surface area (Å²) < 4.78 is 55.7. The Hall–Kier alpha value is -1.45. The van der Waals surface area contributed by atoms with Crippen LogP contribution in [0.4, 0.5) is 23.7 Å². The Kier molecular flexibility index (Phi) is 6.89. The van der Waals surface area contributed by atoms with E-state index >= 15 is 0 Å². The maximum Gasteiger partial charge on any atom is 0.418 e. The molecule has 0 fully saturated rings. The summed E-state index contributed by atoms with van der Waals surface area (Å²) in [6.45, 7) is 12.0. The van der Waals surface area contributed by atoms with Crippen molar-refractivity contribution in [2.24, 2.45) is 0 Å². The van der Waals surface area contributed by atoms with Crippen molar-refractivity contribution in [3.8, 4) is 0 Å². The lowest BCUT2D eigenvalue weighted by molar-refractivity contribution is -0.137. The fourth-order valence-corrected chi connectivity index (χ4v) is 3.17. The zero-order valence-corrected chi connectivity index (χ0v) is 17.4. The number of hydrogen-bond acceptors (Lipinski definition) is 3. The average molecular weight is 408 g/mol. The highest BCUT2D eigenvalue weighted by atomic mass is 32.2. The van der Waals surface area contributed by atoms with Crippen molar-refractivity contribution in [1.29, 1.82) is 0 Å². The second-order valence-electron chi connectivity index (χ2n) is 8.39. The molecule has 0 unspecified atom stereocenters. The first-order valence-corrected chi connectivity index (χ1v) is 9.53. The third-order valence-electron chi connectivity index (χ3n) is 3.87. The summed E-state index contributed by atoms with van der Waals surface area (Å²) >= 11 is -1.60. The lowest BCUT2D eigenvalue weighted by Crippen LogP contribution is -2.41. The van der Waals surface area contributed by atoms with Gasteiger partial charge in [-0.1, -0.05) is 26.8 Å². The molecule has 1 aromatic rings. The number of benzene rings is 1. The second kappa shape index (κ2) is 7.89. The van der Waals surface area contributed by atoms with Gasteiger partial charge in [-0.15, -0.1) is 4.72 Å². The van der Waals surface area contributed by atoms with Gasteiger partial charge in [-0.05, 0) is 50.3 Å². The zero-order chi connectivity index (χ0) is 21.4. The number of rotatable bonds is 4. The molecule has 1 rings (SSSR count). The van der Waals surface area contributed by atoms with Crippen molar-refractivity contribution in [3.63, 3.8) is 0 Å². The maximum absolute atomic E-state index is 13.8. The van der Waals surface area contributed by atoms with Crippen molar-refractivity contribution >= 4 is 23.1 Å². The highest BCUT2D eigenvalue weighted by Gasteiger charge is 2.40. The summed E-state index contributed by atoms with van der Waals surface area (Å²) in [7, 11) is 0. The maximum atomic E-state index is 13.8. The van der Waals surface area contributed by atoms with Gasteiger partial charge in [0.2, 0.25) is 0 Å². The molecule has 1 aromatic carbocycles. The van der Waals surface area contributed by atoms with Gasteiger partial charge in [-0.3, -0.25) is 5.32 Å². The van der Waals surface area contributed by atoms with Crippen LogP contribution in [0.25, 0.3) is 0 Å². The van der Waals surface area contributed by atoms with Crippen molar-refractivity contribution in [2.75, 3.05) is 5.32 Å². The zero-order valence-electron chi connectivity index (χ0n) is 16.5. The van der Waals surface area contributed by atoms with Gasteiger partial charge in [0, 0.05) is 11.4 Å². The van der Waals surface area contributed by atoms with E-state index in [2.05, 4.69) is 4.72 Å². The van der Waals surface area contributed by atoms with Gasteiger partial charge < -0.3 is 9.66 Å². The first kappa shape index (κ1) is 23.6. The smallest absolute Gasteiger partial charge is 0.418 e. The molecule has 0 bridgehead atoms. The molecule has 0 aliphatic rings. The van der Waals surface area contributed by atoms with Crippen molar-refractivity contribution < 1.29 is 27.6 Å². The van der Waals surface area contributed by atoms with Crippen LogP contribution >= 0.6 is 0 Å². The molecule has 0 aliphatic heterocycles. The van der Waals surface area contributed by atoms with Gasteiger partial charge in [0.15, 0.2) is 0 Å². The molecule has 0 saturated carbocycles. The summed E-state index contributed by atoms with van der Waals surface area (Å²) in [6, 6.07) is 1.68. The van der Waals surface area contributed by atoms with E-state index in [0.29, 0.717) is 5.56 Å². The molecule has 0 radical (unpaired) electrons. The van der Waals surface area contributed by atoms with Crippen LogP contribution in [0.15, 0.2) is 12.1 Å². The topological polar surface area (TPSA) is 84.4 Å². The third kappa shape index (κ3) is 6.29. The van der Waals surface area contributed by atoms with E-state index < -0.39 is 51.1 Å². The second-order valence-corrected chi connectivity index (χ2v) is 10.4. The van der Waals surface area contributed by atoms with Crippen LogP contribution in [-0.2, 0) is 23.0 Å². The van der Waals surface area contributed by atoms with Crippen molar-refractivity contribution in [1.82, 2.24) is 4.72 Å². The van der Waals surface area contributed by atoms with Gasteiger partial charge in [0.05, 0.1) is 17.3 Å². The molecular weight excluding hydrogens is 381 g/mol. The number of nitrogens with one attached hydrogen (secondary N) is 2. The molecule has 0 aliphatic carbocycles. The lowest BCUT2D eigenvalue weighted by Gasteiger charge is -2.30. The van der Waals surface area contributed by atoms with Crippen molar-refractivity contribution in [2.45, 2.75) is 70.8 Å². The first-order valence-electron chi connectivity index (χ1n) is 8.38. The van der Waals surface area contributed by atoms with Gasteiger partial charge in [0.1, 0.15) is 4.75 Å². The van der Waals surface area contributed by atoms with E-state index in [4.69, 9.17) is 5.11 Å². The minimum absolute atomic E-state index is 0.156. The molecule has 3 N–H and O–H groups in total. The number of carbonyl (C=O) groups is 1. The number of alkyl halides is 3. The van der Waals surface area contributed by atoms with Crippen LogP contribution in [0.5, 0.6) is 0 Å². The Labute approximate surface area is 161 Å². The summed E-state index contributed by atoms with van der Waals surface area (Å²) in [4.78, 5) is 11.1. The fraction of sp³-hybridized carbons (Fsp3) is 0.611. The molecular formula is C18H27F3N2O3S. The SMILES string of the molecule is C[C@@H](N[S@@+]([O-])C(C)(C)C)c1cc(C(C)(C)C)cc(NC(=O)O)c1C(F)(F)F. The summed E-state index contributed by atoms with van der Waals surface area (Å²) in [5.41, 5.74) is -1.76. The number of anilines is 1. The van der Waals surface area contributed by atoms with Gasteiger partial charge in [-0.25, -0.2) is 4.79 Å². The number of hydrogen-bond donors (Lipinski definition) is 3. The van der Waals surface area contributed by atoms with Crippen molar-refractivity contribution in [3.05, 3.63) is 28.8 Å². The van der Waals surface area contributed by atoms with Gasteiger partial charge in [0.25, 0.3) is 0 Å². The van der Waals surface area contributed by atoms with Crippen LogP contribution in [0, 0.1) is 0 Å². The molecule has 9 heteroatoms. The molecule has 0 heterocycles. The predicted molar refractivity (Wildman–Crippen MR) is 101 cm³/mol. The first-order chi connectivity index (χ1) is 11.9. The van der Waals surface area contributed by atoms with Crippen LogP contribution in [-0.4, -0.2) is 20.5 Å². The molecule has 0 aromatic heterocycles. The van der Waals surface area contributed by atoms with Gasteiger partial charge >= 0.3 is 12.3 Å². The Balaban J connectivity index is 3.65. The minimum atomic E-state index is -4.79. The minimum Gasteiger partial charge on any atom is -0.598 e. The van der Waals surface area contributed by atoms with E-state index in [1.54, 1.807) is 20.8 Å². The molecule has 5 nitrogen and oxygen atoms in total. The molecule has 0 spiro atoms. The van der Waals surface area contributed by atoms with Crippen LogP contribution < -0.4 is 10.0 Å². The van der Waals surface area contributed by atoms with Crippen LogP contribution in [0.3, 0.4) is 0 Å². The van der Waals surface area contributed by atoms with Crippen LogP contribution in [0.2, 0.25) is 0 Å². The Morgan fingerprint density at radius 1 is 1.15 bits per heavy atom. The number of carboxylic acid groups (broad SMARTS) is 1. The molecule has 1 amide bonds. The van der Waals surface area contributed by atoms with E-state index in [1.165, 1.54) is 19.1 Å². The average Bonchev–Trinajstić information content (AvgIpc) is 2.42. The van der Waals surface area contributed by atoms with Crippen LogP contribution in [0.1, 0.15) is 71.2 Å². The highest BCUT2D eigenvalue weighted by Crippen LogP contribution is 2.42. The predicted octanol–water partition coefficient (Wildman–Crippen LogP) is 5.21. The quantitative estimate of drug-likeness (QED) is 0.598. The summed E-state index contributed by atoms with van der Waals surface area (Å²) in [5.74, 6) is 0. The van der Waals surface area contributed by atoms with Gasteiger partial charge in [-0.2, -0.15) is 13.2 Å². The third-order valence-corrected chi connectivity index (χ3v) is 5.55. The normalized spacial score (nSPS) is 15.4. The standard InChI is InChI=1S/C18H27F3N2O3S/c1-10(23-27(26)17(5,6)7)12-8-11(16(2,3)4)9-13(22-15(24)25)14(12)18(19,20)21/h8-10,22-23H,1-7H3,(H,24,25)/t10-,27+/m1/s1. The number of amides is 1. The molecule has 27 heavy (non-hydrogen) atoms. The van der Waals surface area contributed by atoms with E-state index in [9.17, 15) is 22.5 Å². The van der Waals surface area contributed by atoms with E-state index in [-0.39, 0.29) is 5.56 Å². The highest BCUT2D eigenvalue weighted by molar-refractivity contribution is 7.90. The molecule has 2 atom stereocenters. The molecule has 0 saturated heterocycles. The van der Waals surface area contributed by atoms with E-state index in [1.807, 2.05) is 26.1 Å². The Morgan fingerprint density at radius 3 is 2.04 bits per heavy atom. The number of halogens is 3. The van der Waals surface area contributed by atoms with E-state index in [0.717, 1.165) is 0 Å². The monoisotopic (exact) mass is 408 g/mol. The fourth-order valence-electron chi connectivity index (χ4n) is 2.37. The Morgan fingerprint density at radius 2 is 1.67 bits per heavy atom. The summed E-state index contributed by atoms with van der Waals surface area (Å²) in [5, 5.41) is 10.9. The molecule has 154 valence electrons. The Bertz CT molecular complexity index is 695. The largest absolute Gasteiger partial charge is 0.598 e. The summed E-state index contributed by atoms with van der Waals surface area (Å²) in [6.07, 6.45) is -6.38. The lowest BCUT2D eigenvalue weighted by atomic mass is 9.83.